The van der Waals surface area contributed by atoms with E-state index < -0.39 is 5.97 Å². The third kappa shape index (κ3) is 5.27. The molecule has 0 bridgehead atoms. The molecule has 0 saturated carbocycles. The van der Waals surface area contributed by atoms with Crippen LogP contribution in [0.5, 0.6) is 0 Å². The number of carboxylic acids is 1. The summed E-state index contributed by atoms with van der Waals surface area (Å²) in [5.41, 5.74) is 1.55. The van der Waals surface area contributed by atoms with E-state index in [1.807, 2.05) is 54.8 Å². The zero-order valence-electron chi connectivity index (χ0n) is 14.8. The fourth-order valence-electron chi connectivity index (χ4n) is 2.74. The summed E-state index contributed by atoms with van der Waals surface area (Å²) in [6.07, 6.45) is 0.449. The third-order valence-electron chi connectivity index (χ3n) is 4.03. The van der Waals surface area contributed by atoms with Crippen molar-refractivity contribution < 1.29 is 19.1 Å². The van der Waals surface area contributed by atoms with Crippen molar-refractivity contribution in [2.75, 3.05) is 0 Å². The van der Waals surface area contributed by atoms with E-state index in [0.29, 0.717) is 17.9 Å². The lowest BCUT2D eigenvalue weighted by Gasteiger charge is -2.18. The Labute approximate surface area is 160 Å². The van der Waals surface area contributed by atoms with Gasteiger partial charge in [-0.2, -0.15) is 0 Å². The first-order valence-electron chi connectivity index (χ1n) is 8.58. The summed E-state index contributed by atoms with van der Waals surface area (Å²) >= 11 is 1.42. The number of nitrogens with zero attached hydrogens (tertiary/aromatic N) is 1. The molecule has 1 aromatic carbocycles. The van der Waals surface area contributed by atoms with E-state index in [2.05, 4.69) is 10.3 Å². The summed E-state index contributed by atoms with van der Waals surface area (Å²) in [5, 5.41) is 14.5. The number of amides is 1. The molecule has 0 aliphatic rings. The van der Waals surface area contributed by atoms with Crippen molar-refractivity contribution in [1.29, 1.82) is 0 Å². The number of hydrogen-bond donors (Lipinski definition) is 2. The van der Waals surface area contributed by atoms with Gasteiger partial charge in [0.15, 0.2) is 10.8 Å². The van der Waals surface area contributed by atoms with Crippen LogP contribution in [-0.4, -0.2) is 22.0 Å². The number of aromatic nitrogens is 1. The quantitative estimate of drug-likeness (QED) is 0.613. The van der Waals surface area contributed by atoms with Gasteiger partial charge in [-0.05, 0) is 31.0 Å². The molecule has 0 aliphatic carbocycles. The molecule has 0 spiro atoms. The van der Waals surface area contributed by atoms with Crippen LogP contribution in [0, 0.1) is 6.92 Å². The first-order valence-corrected chi connectivity index (χ1v) is 9.46. The molecule has 7 heteroatoms. The Morgan fingerprint density at radius 3 is 2.67 bits per heavy atom. The zero-order chi connectivity index (χ0) is 19.2. The lowest BCUT2D eigenvalue weighted by molar-refractivity contribution is -0.137. The molecule has 3 rings (SSSR count). The van der Waals surface area contributed by atoms with Crippen LogP contribution in [0.15, 0.2) is 52.3 Å². The lowest BCUT2D eigenvalue weighted by atomic mass is 10.0. The molecule has 0 aliphatic heterocycles. The molecule has 0 fully saturated rings. The molecule has 6 nitrogen and oxygen atoms in total. The number of furan rings is 1. The highest BCUT2D eigenvalue weighted by Gasteiger charge is 2.17. The maximum Gasteiger partial charge on any atom is 0.303 e. The second-order valence-corrected chi connectivity index (χ2v) is 7.05. The van der Waals surface area contributed by atoms with Gasteiger partial charge < -0.3 is 14.8 Å². The number of aryl methyl sites for hydroxylation is 1. The van der Waals surface area contributed by atoms with Gasteiger partial charge in [-0.25, -0.2) is 4.98 Å². The van der Waals surface area contributed by atoms with E-state index in [9.17, 15) is 9.59 Å². The minimum absolute atomic E-state index is 0.0153. The van der Waals surface area contributed by atoms with Crippen LogP contribution in [-0.2, 0) is 16.0 Å². The number of benzene rings is 1. The molecule has 1 amide bonds. The van der Waals surface area contributed by atoms with Gasteiger partial charge in [0, 0.05) is 11.8 Å². The van der Waals surface area contributed by atoms with Crippen LogP contribution in [0.3, 0.4) is 0 Å². The minimum atomic E-state index is -0.886. The van der Waals surface area contributed by atoms with Gasteiger partial charge in [-0.15, -0.1) is 11.3 Å². The Balaban J connectivity index is 1.65. The molecular weight excluding hydrogens is 364 g/mol. The highest BCUT2D eigenvalue weighted by molar-refractivity contribution is 7.13. The first-order chi connectivity index (χ1) is 13.0. The van der Waals surface area contributed by atoms with Crippen LogP contribution in [0.25, 0.3) is 10.8 Å². The highest BCUT2D eigenvalue weighted by atomic mass is 32.1. The van der Waals surface area contributed by atoms with Crippen molar-refractivity contribution in [2.24, 2.45) is 0 Å². The predicted octanol–water partition coefficient (Wildman–Crippen LogP) is 3.98. The van der Waals surface area contributed by atoms with E-state index in [1.165, 1.54) is 11.3 Å². The third-order valence-corrected chi connectivity index (χ3v) is 4.93. The average Bonchev–Trinajstić information content (AvgIpc) is 3.28. The number of aliphatic carboxylic acids is 1. The van der Waals surface area contributed by atoms with Crippen molar-refractivity contribution in [3.8, 4) is 10.8 Å². The monoisotopic (exact) mass is 384 g/mol. The summed E-state index contributed by atoms with van der Waals surface area (Å²) in [6, 6.07) is 12.8. The first kappa shape index (κ1) is 18.8. The van der Waals surface area contributed by atoms with E-state index in [4.69, 9.17) is 9.52 Å². The largest absolute Gasteiger partial charge is 0.481 e. The van der Waals surface area contributed by atoms with Crippen LogP contribution < -0.4 is 5.32 Å². The fraction of sp³-hybridized carbons (Fsp3) is 0.250. The van der Waals surface area contributed by atoms with Gasteiger partial charge in [0.25, 0.3) is 0 Å². The normalized spacial score (nSPS) is 11.9. The number of carbonyl (C=O) groups is 2. The van der Waals surface area contributed by atoms with Gasteiger partial charge in [-0.1, -0.05) is 30.3 Å². The van der Waals surface area contributed by atoms with Crippen LogP contribution in [0.2, 0.25) is 0 Å². The van der Waals surface area contributed by atoms with E-state index in [1.54, 1.807) is 0 Å². The second-order valence-electron chi connectivity index (χ2n) is 6.19. The van der Waals surface area contributed by atoms with Crippen molar-refractivity contribution in [2.45, 2.75) is 32.2 Å². The predicted molar refractivity (Wildman–Crippen MR) is 102 cm³/mol. The Morgan fingerprint density at radius 2 is 2.00 bits per heavy atom. The Kier molecular flexibility index (Phi) is 6.03. The van der Waals surface area contributed by atoms with Gasteiger partial charge >= 0.3 is 5.97 Å². The number of carbonyl (C=O) groups excluding carboxylic acids is 1. The van der Waals surface area contributed by atoms with E-state index >= 15 is 0 Å². The number of carboxylic acid groups (broad SMARTS) is 1. The minimum Gasteiger partial charge on any atom is -0.481 e. The van der Waals surface area contributed by atoms with Crippen molar-refractivity contribution in [3.63, 3.8) is 0 Å². The average molecular weight is 384 g/mol. The maximum absolute atomic E-state index is 12.5. The zero-order valence-corrected chi connectivity index (χ0v) is 15.7. The number of hydrogen-bond acceptors (Lipinski definition) is 5. The summed E-state index contributed by atoms with van der Waals surface area (Å²) in [4.78, 5) is 27.9. The summed E-state index contributed by atoms with van der Waals surface area (Å²) in [7, 11) is 0. The molecule has 3 aromatic rings. The van der Waals surface area contributed by atoms with E-state index in [0.717, 1.165) is 16.3 Å². The topological polar surface area (TPSA) is 92.4 Å². The van der Waals surface area contributed by atoms with Crippen LogP contribution in [0.1, 0.15) is 35.9 Å². The van der Waals surface area contributed by atoms with Gasteiger partial charge in [0.05, 0.1) is 18.2 Å². The molecule has 0 saturated heterocycles. The lowest BCUT2D eigenvalue weighted by Crippen LogP contribution is -2.30. The Morgan fingerprint density at radius 1 is 1.22 bits per heavy atom. The Bertz CT molecular complexity index is 917. The molecule has 140 valence electrons. The standard InChI is InChI=1S/C20H20N2O4S/c1-13-7-9-17(26-13)20-21-15(12-27-20)11-18(23)22-16(8-10-19(24)25)14-5-3-2-4-6-14/h2-7,9,12,16H,8,10-11H2,1H3,(H,22,23)(H,24,25). The molecular formula is C20H20N2O4S. The van der Waals surface area contributed by atoms with Crippen molar-refractivity contribution in [3.05, 3.63) is 64.9 Å². The summed E-state index contributed by atoms with van der Waals surface area (Å²) in [5.74, 6) is 0.418. The highest BCUT2D eigenvalue weighted by Crippen LogP contribution is 2.26. The van der Waals surface area contributed by atoms with Crippen molar-refractivity contribution >= 4 is 23.2 Å². The van der Waals surface area contributed by atoms with Gasteiger partial charge in [-0.3, -0.25) is 9.59 Å². The molecule has 1 unspecified atom stereocenters. The van der Waals surface area contributed by atoms with Gasteiger partial charge in [0.2, 0.25) is 5.91 Å². The fourth-order valence-corrected chi connectivity index (χ4v) is 3.52. The van der Waals surface area contributed by atoms with Crippen molar-refractivity contribution in [1.82, 2.24) is 10.3 Å². The smallest absolute Gasteiger partial charge is 0.303 e. The molecule has 2 heterocycles. The SMILES string of the molecule is Cc1ccc(-c2nc(CC(=O)NC(CCC(=O)O)c3ccccc3)cs2)o1. The molecule has 27 heavy (non-hydrogen) atoms. The van der Waals surface area contributed by atoms with Crippen LogP contribution >= 0.6 is 11.3 Å². The molecule has 1 atom stereocenters. The summed E-state index contributed by atoms with van der Waals surface area (Å²) in [6.45, 7) is 1.87. The number of thiazole rings is 1. The van der Waals surface area contributed by atoms with Gasteiger partial charge in [0.1, 0.15) is 5.76 Å². The van der Waals surface area contributed by atoms with E-state index in [-0.39, 0.29) is 24.8 Å². The maximum atomic E-state index is 12.5. The molecule has 0 radical (unpaired) electrons. The molecule has 2 N–H and O–H groups in total. The Hall–Kier alpha value is -2.93. The van der Waals surface area contributed by atoms with Crippen LogP contribution in [0.4, 0.5) is 0 Å². The molecule has 2 aromatic heterocycles. The number of rotatable bonds is 8. The number of nitrogens with one attached hydrogen (secondary N) is 1. The summed E-state index contributed by atoms with van der Waals surface area (Å²) < 4.78 is 5.56. The second kappa shape index (κ2) is 8.64.